The number of ether oxygens (including phenoxy) is 1. The van der Waals surface area contributed by atoms with Gasteiger partial charge in [-0.15, -0.1) is 0 Å². The van der Waals surface area contributed by atoms with Crippen molar-refractivity contribution in [1.82, 2.24) is 0 Å². The topological polar surface area (TPSA) is 53.2 Å². The molecule has 0 bridgehead atoms. The molecule has 3 nitrogen and oxygen atoms in total. The van der Waals surface area contributed by atoms with Crippen LogP contribution in [0.4, 0.5) is 0 Å². The van der Waals surface area contributed by atoms with Crippen molar-refractivity contribution in [1.29, 1.82) is 5.26 Å². The third-order valence-corrected chi connectivity index (χ3v) is 2.76. The molecular formula is C10H17NO2. The van der Waals surface area contributed by atoms with Gasteiger partial charge in [0.1, 0.15) is 0 Å². The number of aliphatic hydroxyl groups is 1. The lowest BCUT2D eigenvalue weighted by Gasteiger charge is -2.42. The Labute approximate surface area is 79.3 Å². The molecule has 0 aromatic rings. The second-order valence-electron chi connectivity index (χ2n) is 4.49. The smallest absolute Gasteiger partial charge is 0.0851 e. The molecule has 1 N–H and O–H groups in total. The maximum Gasteiger partial charge on any atom is 0.0851 e. The molecule has 3 heteroatoms. The van der Waals surface area contributed by atoms with Crippen LogP contribution in [0.2, 0.25) is 0 Å². The maximum absolute atomic E-state index is 10.2. The molecule has 0 amide bonds. The molecule has 13 heavy (non-hydrogen) atoms. The predicted octanol–water partition coefficient (Wildman–Crippen LogP) is 1.47. The highest BCUT2D eigenvalue weighted by molar-refractivity contribution is 5.01. The Morgan fingerprint density at radius 2 is 2.15 bits per heavy atom. The molecule has 0 radical (unpaired) electrons. The highest BCUT2D eigenvalue weighted by Gasteiger charge is 2.43. The van der Waals surface area contributed by atoms with Gasteiger partial charge in [0.15, 0.2) is 0 Å². The van der Waals surface area contributed by atoms with E-state index in [4.69, 9.17) is 10.00 Å². The van der Waals surface area contributed by atoms with E-state index >= 15 is 0 Å². The van der Waals surface area contributed by atoms with Gasteiger partial charge < -0.3 is 9.84 Å². The number of hydrogen-bond donors (Lipinski definition) is 1. The van der Waals surface area contributed by atoms with Crippen LogP contribution in [0.15, 0.2) is 0 Å². The van der Waals surface area contributed by atoms with Crippen LogP contribution in [0.5, 0.6) is 0 Å². The molecule has 1 aliphatic heterocycles. The van der Waals surface area contributed by atoms with Gasteiger partial charge in [-0.05, 0) is 20.8 Å². The second-order valence-corrected chi connectivity index (χ2v) is 4.49. The summed E-state index contributed by atoms with van der Waals surface area (Å²) in [4.78, 5) is 0. The maximum atomic E-state index is 10.2. The van der Waals surface area contributed by atoms with E-state index in [9.17, 15) is 5.11 Å². The van der Waals surface area contributed by atoms with Gasteiger partial charge in [-0.2, -0.15) is 5.26 Å². The molecule has 1 aliphatic rings. The Kier molecular flexibility index (Phi) is 2.65. The Bertz CT molecular complexity index is 232. The summed E-state index contributed by atoms with van der Waals surface area (Å²) in [5.74, 6) is -0.323. The van der Waals surface area contributed by atoms with Crippen LogP contribution in [0.25, 0.3) is 0 Å². The summed E-state index contributed by atoms with van der Waals surface area (Å²) in [5.41, 5.74) is -1.17. The van der Waals surface area contributed by atoms with Crippen molar-refractivity contribution in [3.8, 4) is 6.07 Å². The normalized spacial score (nSPS) is 35.0. The summed E-state index contributed by atoms with van der Waals surface area (Å²) in [6.45, 7) is 6.19. The molecule has 2 unspecified atom stereocenters. The van der Waals surface area contributed by atoms with Crippen molar-refractivity contribution in [3.05, 3.63) is 0 Å². The highest BCUT2D eigenvalue weighted by Crippen LogP contribution is 2.36. The van der Waals surface area contributed by atoms with E-state index in [1.807, 2.05) is 13.8 Å². The molecule has 0 aliphatic carbocycles. The standard InChI is InChI=1S/C10H17NO2/c1-8(6-11)10(12)4-5-13-9(2,3)7-10/h8,12H,4-5,7H2,1-3H3. The molecule has 74 valence electrons. The molecule has 0 aromatic heterocycles. The van der Waals surface area contributed by atoms with E-state index in [-0.39, 0.29) is 11.5 Å². The minimum atomic E-state index is -0.865. The van der Waals surface area contributed by atoms with Crippen molar-refractivity contribution in [2.45, 2.75) is 44.8 Å². The number of nitriles is 1. The van der Waals surface area contributed by atoms with E-state index in [1.165, 1.54) is 0 Å². The van der Waals surface area contributed by atoms with Crippen molar-refractivity contribution in [2.24, 2.45) is 5.92 Å². The van der Waals surface area contributed by atoms with Crippen LogP contribution < -0.4 is 0 Å². The lowest BCUT2D eigenvalue weighted by molar-refractivity contribution is -0.155. The second kappa shape index (κ2) is 3.28. The zero-order valence-electron chi connectivity index (χ0n) is 8.50. The van der Waals surface area contributed by atoms with Gasteiger partial charge in [-0.3, -0.25) is 0 Å². The third kappa shape index (κ3) is 2.20. The largest absolute Gasteiger partial charge is 0.388 e. The van der Waals surface area contributed by atoms with Crippen LogP contribution in [-0.2, 0) is 4.74 Å². The van der Waals surface area contributed by atoms with Crippen LogP contribution in [-0.4, -0.2) is 22.9 Å². The fourth-order valence-corrected chi connectivity index (χ4v) is 1.87. The quantitative estimate of drug-likeness (QED) is 0.669. The molecule has 1 fully saturated rings. The summed E-state index contributed by atoms with van der Waals surface area (Å²) in [5, 5.41) is 18.9. The van der Waals surface area contributed by atoms with E-state index in [0.29, 0.717) is 19.4 Å². The Balaban J connectivity index is 2.75. The molecule has 0 spiro atoms. The fourth-order valence-electron chi connectivity index (χ4n) is 1.87. The average Bonchev–Trinajstić information content (AvgIpc) is 2.00. The molecule has 1 saturated heterocycles. The molecule has 0 saturated carbocycles. The average molecular weight is 183 g/mol. The van der Waals surface area contributed by atoms with E-state index in [2.05, 4.69) is 6.07 Å². The first-order chi connectivity index (χ1) is 5.90. The first-order valence-corrected chi connectivity index (χ1v) is 4.66. The Hall–Kier alpha value is -0.590. The van der Waals surface area contributed by atoms with Gasteiger partial charge in [0.25, 0.3) is 0 Å². The SMILES string of the molecule is CC(C#N)C1(O)CCOC(C)(C)C1. The van der Waals surface area contributed by atoms with Gasteiger partial charge in [0.2, 0.25) is 0 Å². The highest BCUT2D eigenvalue weighted by atomic mass is 16.5. The Morgan fingerprint density at radius 1 is 1.54 bits per heavy atom. The number of hydrogen-bond acceptors (Lipinski definition) is 3. The van der Waals surface area contributed by atoms with E-state index in [0.717, 1.165) is 0 Å². The Morgan fingerprint density at radius 3 is 2.62 bits per heavy atom. The van der Waals surface area contributed by atoms with Crippen LogP contribution in [0.1, 0.15) is 33.6 Å². The zero-order chi connectivity index (χ0) is 10.1. The van der Waals surface area contributed by atoms with Crippen molar-refractivity contribution >= 4 is 0 Å². The number of nitrogens with zero attached hydrogens (tertiary/aromatic N) is 1. The third-order valence-electron chi connectivity index (χ3n) is 2.76. The summed E-state index contributed by atoms with van der Waals surface area (Å²) >= 11 is 0. The first-order valence-electron chi connectivity index (χ1n) is 4.66. The van der Waals surface area contributed by atoms with E-state index < -0.39 is 5.60 Å². The van der Waals surface area contributed by atoms with E-state index in [1.54, 1.807) is 6.92 Å². The minimum absolute atomic E-state index is 0.307. The number of rotatable bonds is 1. The lowest BCUT2D eigenvalue weighted by atomic mass is 9.77. The molecule has 2 atom stereocenters. The van der Waals surface area contributed by atoms with Crippen molar-refractivity contribution in [3.63, 3.8) is 0 Å². The van der Waals surface area contributed by atoms with Crippen molar-refractivity contribution < 1.29 is 9.84 Å². The fraction of sp³-hybridized carbons (Fsp3) is 0.900. The van der Waals surface area contributed by atoms with Crippen LogP contribution in [0.3, 0.4) is 0 Å². The van der Waals surface area contributed by atoms with Crippen LogP contribution in [0, 0.1) is 17.2 Å². The molecule has 0 aromatic carbocycles. The summed E-state index contributed by atoms with van der Waals surface area (Å²) in [6.07, 6.45) is 1.10. The predicted molar refractivity (Wildman–Crippen MR) is 49.0 cm³/mol. The first kappa shape index (κ1) is 10.5. The van der Waals surface area contributed by atoms with Gasteiger partial charge in [-0.25, -0.2) is 0 Å². The van der Waals surface area contributed by atoms with Crippen LogP contribution >= 0.6 is 0 Å². The van der Waals surface area contributed by atoms with Crippen molar-refractivity contribution in [2.75, 3.05) is 6.61 Å². The summed E-state index contributed by atoms with van der Waals surface area (Å²) in [7, 11) is 0. The summed E-state index contributed by atoms with van der Waals surface area (Å²) in [6, 6.07) is 2.11. The summed E-state index contributed by atoms with van der Waals surface area (Å²) < 4.78 is 5.49. The molecular weight excluding hydrogens is 166 g/mol. The zero-order valence-corrected chi connectivity index (χ0v) is 8.50. The lowest BCUT2D eigenvalue weighted by Crippen LogP contribution is -2.49. The van der Waals surface area contributed by atoms with Gasteiger partial charge in [0.05, 0.1) is 29.8 Å². The van der Waals surface area contributed by atoms with Gasteiger partial charge in [-0.1, -0.05) is 0 Å². The van der Waals surface area contributed by atoms with Gasteiger partial charge >= 0.3 is 0 Å². The minimum Gasteiger partial charge on any atom is -0.388 e. The van der Waals surface area contributed by atoms with Gasteiger partial charge in [0, 0.05) is 12.8 Å². The molecule has 1 rings (SSSR count). The molecule has 1 heterocycles. The monoisotopic (exact) mass is 183 g/mol.